The summed E-state index contributed by atoms with van der Waals surface area (Å²) in [5.74, 6) is -1.76. The first-order valence-electron chi connectivity index (χ1n) is 9.32. The molecule has 0 aliphatic carbocycles. The Kier molecular flexibility index (Phi) is 6.50. The van der Waals surface area contributed by atoms with Crippen molar-refractivity contribution in [2.24, 2.45) is 0 Å². The summed E-state index contributed by atoms with van der Waals surface area (Å²) in [5.41, 5.74) is 1.38. The molecule has 1 aliphatic rings. The summed E-state index contributed by atoms with van der Waals surface area (Å²) in [6.45, 7) is 1.58. The van der Waals surface area contributed by atoms with Gasteiger partial charge in [-0.2, -0.15) is 4.31 Å². The van der Waals surface area contributed by atoms with Gasteiger partial charge in [-0.15, -0.1) is 11.3 Å². The molecule has 5 nitrogen and oxygen atoms in total. The van der Waals surface area contributed by atoms with E-state index in [2.05, 4.69) is 4.98 Å². The largest absolute Gasteiger partial charge is 0.345 e. The van der Waals surface area contributed by atoms with Crippen LogP contribution in [-0.4, -0.2) is 43.9 Å². The number of sulfonamides is 1. The standard InChI is InChI=1S/C20H17Cl2F2N3O2S2/c21-16-3-2-15(11-17(16)22)31(28,29)27-7-5-26(6-8-27)20-25-14(12-30-20)9-13-1-4-18(23)19(24)10-13/h1-4,10-12H,5-9H2. The van der Waals surface area contributed by atoms with E-state index in [0.717, 1.165) is 16.9 Å². The van der Waals surface area contributed by atoms with E-state index in [4.69, 9.17) is 23.2 Å². The number of rotatable bonds is 5. The molecular formula is C20H17Cl2F2N3O2S2. The Bertz CT molecular complexity index is 1210. The van der Waals surface area contributed by atoms with E-state index < -0.39 is 21.7 Å². The summed E-state index contributed by atoms with van der Waals surface area (Å²) in [4.78, 5) is 6.70. The van der Waals surface area contributed by atoms with Gasteiger partial charge in [0.15, 0.2) is 16.8 Å². The van der Waals surface area contributed by atoms with Crippen LogP contribution in [0.15, 0.2) is 46.7 Å². The van der Waals surface area contributed by atoms with Gasteiger partial charge in [-0.3, -0.25) is 0 Å². The maximum absolute atomic E-state index is 13.4. The second kappa shape index (κ2) is 8.99. The minimum atomic E-state index is -3.67. The van der Waals surface area contributed by atoms with Crippen LogP contribution in [0.25, 0.3) is 0 Å². The van der Waals surface area contributed by atoms with E-state index in [1.807, 2.05) is 10.3 Å². The fourth-order valence-corrected chi connectivity index (χ4v) is 5.98. The van der Waals surface area contributed by atoms with Crippen molar-refractivity contribution >= 4 is 49.7 Å². The van der Waals surface area contributed by atoms with Crippen LogP contribution in [0.3, 0.4) is 0 Å². The van der Waals surface area contributed by atoms with Crippen molar-refractivity contribution in [2.75, 3.05) is 31.1 Å². The summed E-state index contributed by atoms with van der Waals surface area (Å²) in [5, 5.41) is 3.13. The van der Waals surface area contributed by atoms with Crippen LogP contribution in [0.2, 0.25) is 10.0 Å². The van der Waals surface area contributed by atoms with Gasteiger partial charge in [-0.25, -0.2) is 22.2 Å². The minimum absolute atomic E-state index is 0.110. The molecule has 1 fully saturated rings. The number of hydrogen-bond acceptors (Lipinski definition) is 5. The first-order valence-corrected chi connectivity index (χ1v) is 12.4. The predicted octanol–water partition coefficient (Wildman–Crippen LogP) is 4.83. The Morgan fingerprint density at radius 1 is 0.968 bits per heavy atom. The van der Waals surface area contributed by atoms with Gasteiger partial charge in [-0.1, -0.05) is 29.3 Å². The van der Waals surface area contributed by atoms with Crippen LogP contribution in [0.4, 0.5) is 13.9 Å². The second-order valence-electron chi connectivity index (χ2n) is 7.01. The fourth-order valence-electron chi connectivity index (χ4n) is 3.29. The Morgan fingerprint density at radius 2 is 1.71 bits per heavy atom. The molecule has 164 valence electrons. The predicted molar refractivity (Wildman–Crippen MR) is 119 cm³/mol. The van der Waals surface area contributed by atoms with Gasteiger partial charge >= 0.3 is 0 Å². The van der Waals surface area contributed by atoms with Crippen molar-refractivity contribution in [2.45, 2.75) is 11.3 Å². The van der Waals surface area contributed by atoms with Crippen molar-refractivity contribution in [1.29, 1.82) is 0 Å². The number of aromatic nitrogens is 1. The van der Waals surface area contributed by atoms with Crippen LogP contribution in [0, 0.1) is 11.6 Å². The summed E-state index contributed by atoms with van der Waals surface area (Å²) >= 11 is 13.3. The van der Waals surface area contributed by atoms with E-state index in [1.54, 1.807) is 0 Å². The quantitative estimate of drug-likeness (QED) is 0.500. The molecule has 0 bridgehead atoms. The van der Waals surface area contributed by atoms with E-state index in [-0.39, 0.29) is 9.92 Å². The molecule has 0 N–H and O–H groups in total. The lowest BCUT2D eigenvalue weighted by Crippen LogP contribution is -2.48. The lowest BCUT2D eigenvalue weighted by Gasteiger charge is -2.33. The Labute approximate surface area is 192 Å². The Hall–Kier alpha value is -1.78. The van der Waals surface area contributed by atoms with Crippen LogP contribution >= 0.6 is 34.5 Å². The molecule has 31 heavy (non-hydrogen) atoms. The maximum Gasteiger partial charge on any atom is 0.243 e. The monoisotopic (exact) mass is 503 g/mol. The van der Waals surface area contributed by atoms with Crippen molar-refractivity contribution in [3.8, 4) is 0 Å². The van der Waals surface area contributed by atoms with Gasteiger partial charge in [0.05, 0.1) is 20.6 Å². The van der Waals surface area contributed by atoms with Crippen LogP contribution in [-0.2, 0) is 16.4 Å². The molecule has 0 unspecified atom stereocenters. The number of piperazine rings is 1. The average Bonchev–Trinajstić information content (AvgIpc) is 3.21. The number of benzene rings is 2. The zero-order chi connectivity index (χ0) is 22.2. The zero-order valence-corrected chi connectivity index (χ0v) is 19.2. The third-order valence-electron chi connectivity index (χ3n) is 4.95. The molecular weight excluding hydrogens is 487 g/mol. The molecule has 11 heteroatoms. The second-order valence-corrected chi connectivity index (χ2v) is 10.6. The summed E-state index contributed by atoms with van der Waals surface area (Å²) in [6.07, 6.45) is 0.388. The normalized spacial score (nSPS) is 15.4. The molecule has 0 spiro atoms. The molecule has 0 amide bonds. The van der Waals surface area contributed by atoms with Gasteiger partial charge in [0.25, 0.3) is 0 Å². The van der Waals surface area contributed by atoms with Crippen LogP contribution < -0.4 is 4.90 Å². The van der Waals surface area contributed by atoms with Gasteiger partial charge in [0.2, 0.25) is 10.0 Å². The van der Waals surface area contributed by atoms with E-state index in [1.165, 1.54) is 46.0 Å². The molecule has 0 radical (unpaired) electrons. The summed E-state index contributed by atoms with van der Waals surface area (Å²) in [6, 6.07) is 8.08. The molecule has 1 saturated heterocycles. The highest BCUT2D eigenvalue weighted by molar-refractivity contribution is 7.89. The number of thiazole rings is 1. The number of hydrogen-bond donors (Lipinski definition) is 0. The molecule has 1 aliphatic heterocycles. The molecule has 0 saturated carbocycles. The van der Waals surface area contributed by atoms with Gasteiger partial charge in [-0.05, 0) is 35.9 Å². The van der Waals surface area contributed by atoms with E-state index >= 15 is 0 Å². The van der Waals surface area contributed by atoms with Crippen LogP contribution in [0.5, 0.6) is 0 Å². The first kappa shape index (κ1) is 22.4. The average molecular weight is 504 g/mol. The Morgan fingerprint density at radius 3 is 2.39 bits per heavy atom. The van der Waals surface area contributed by atoms with E-state index in [0.29, 0.717) is 43.2 Å². The molecule has 0 atom stereocenters. The maximum atomic E-state index is 13.4. The molecule has 2 heterocycles. The van der Waals surface area contributed by atoms with Crippen molar-refractivity contribution in [3.05, 3.63) is 74.7 Å². The zero-order valence-electron chi connectivity index (χ0n) is 16.1. The molecule has 2 aromatic carbocycles. The van der Waals surface area contributed by atoms with Gasteiger partial charge in [0, 0.05) is 38.0 Å². The topological polar surface area (TPSA) is 53.5 Å². The lowest BCUT2D eigenvalue weighted by atomic mass is 10.1. The number of halogens is 4. The number of nitrogens with zero attached hydrogens (tertiary/aromatic N) is 3. The highest BCUT2D eigenvalue weighted by Crippen LogP contribution is 2.28. The smallest absolute Gasteiger partial charge is 0.243 e. The summed E-state index contributed by atoms with van der Waals surface area (Å²) < 4.78 is 53.7. The van der Waals surface area contributed by atoms with Crippen molar-refractivity contribution < 1.29 is 17.2 Å². The lowest BCUT2D eigenvalue weighted by molar-refractivity contribution is 0.384. The number of anilines is 1. The molecule has 4 rings (SSSR count). The molecule has 1 aromatic heterocycles. The first-order chi connectivity index (χ1) is 14.7. The minimum Gasteiger partial charge on any atom is -0.345 e. The third-order valence-corrected chi connectivity index (χ3v) is 8.53. The fraction of sp³-hybridized carbons (Fsp3) is 0.250. The SMILES string of the molecule is O=S(=O)(c1ccc(Cl)c(Cl)c1)N1CCN(c2nc(Cc3ccc(F)c(F)c3)cs2)CC1. The van der Waals surface area contributed by atoms with Crippen LogP contribution in [0.1, 0.15) is 11.3 Å². The highest BCUT2D eigenvalue weighted by Gasteiger charge is 2.29. The van der Waals surface area contributed by atoms with Gasteiger partial charge in [0.1, 0.15) is 0 Å². The highest BCUT2D eigenvalue weighted by atomic mass is 35.5. The van der Waals surface area contributed by atoms with Crippen molar-refractivity contribution in [3.63, 3.8) is 0 Å². The van der Waals surface area contributed by atoms with Crippen molar-refractivity contribution in [1.82, 2.24) is 9.29 Å². The van der Waals surface area contributed by atoms with E-state index in [9.17, 15) is 17.2 Å². The summed E-state index contributed by atoms with van der Waals surface area (Å²) in [7, 11) is -3.67. The van der Waals surface area contributed by atoms with Gasteiger partial charge < -0.3 is 4.90 Å². The third kappa shape index (κ3) is 4.85. The molecule has 3 aromatic rings. The Balaban J connectivity index is 1.41.